The van der Waals surface area contributed by atoms with Crippen LogP contribution in [0.15, 0.2) is 146 Å². The Labute approximate surface area is 263 Å². The molecule has 1 heterocycles. The average molecular weight is 574 g/mol. The number of nitrogens with zero attached hydrogens (tertiary/aromatic N) is 1. The van der Waals surface area contributed by atoms with Crippen LogP contribution in [0, 0.1) is 0 Å². The van der Waals surface area contributed by atoms with E-state index in [0.717, 1.165) is 0 Å². The molecule has 1 nitrogen and oxygen atoms in total. The van der Waals surface area contributed by atoms with Crippen LogP contribution in [0.5, 0.6) is 0 Å². The molecule has 2 aliphatic rings. The Kier molecular flexibility index (Phi) is 4.90. The molecule has 0 bridgehead atoms. The maximum absolute atomic E-state index is 2.55. The zero-order chi connectivity index (χ0) is 29.9. The fourth-order valence-corrected chi connectivity index (χ4v) is 8.81. The number of para-hydroxylation sites is 1. The highest BCUT2D eigenvalue weighted by Crippen LogP contribution is 2.55. The first-order chi connectivity index (χ1) is 22.1. The molecule has 0 saturated carbocycles. The van der Waals surface area contributed by atoms with E-state index in [-0.39, 0.29) is 11.3 Å². The first-order valence-electron chi connectivity index (χ1n) is 16.0. The second-order valence-electron chi connectivity index (χ2n) is 13.3. The van der Waals surface area contributed by atoms with Crippen molar-refractivity contribution in [3.05, 3.63) is 173 Å². The first kappa shape index (κ1) is 25.0. The number of aromatic nitrogens is 1. The van der Waals surface area contributed by atoms with Crippen molar-refractivity contribution in [3.63, 3.8) is 0 Å². The molecule has 0 spiro atoms. The van der Waals surface area contributed by atoms with Gasteiger partial charge >= 0.3 is 0 Å². The lowest BCUT2D eigenvalue weighted by molar-refractivity contribution is 0.670. The van der Waals surface area contributed by atoms with Crippen LogP contribution in [0.25, 0.3) is 60.5 Å². The molecule has 2 aliphatic carbocycles. The van der Waals surface area contributed by atoms with Crippen molar-refractivity contribution in [2.45, 2.75) is 25.2 Å². The van der Waals surface area contributed by atoms with E-state index in [1.807, 2.05) is 0 Å². The predicted octanol–water partition coefficient (Wildman–Crippen LogP) is 11.4. The second kappa shape index (κ2) is 8.83. The van der Waals surface area contributed by atoms with E-state index in [2.05, 4.69) is 164 Å². The van der Waals surface area contributed by atoms with Crippen LogP contribution in [-0.2, 0) is 5.41 Å². The highest BCUT2D eigenvalue weighted by Gasteiger charge is 2.40. The molecular weight excluding hydrogens is 542 g/mol. The minimum absolute atomic E-state index is 0.168. The number of rotatable bonds is 2. The maximum atomic E-state index is 2.55. The van der Waals surface area contributed by atoms with Gasteiger partial charge in [0.2, 0.25) is 0 Å². The zero-order valence-electron chi connectivity index (χ0n) is 25.4. The van der Waals surface area contributed by atoms with Crippen molar-refractivity contribution in [2.24, 2.45) is 0 Å². The van der Waals surface area contributed by atoms with Gasteiger partial charge in [-0.1, -0.05) is 141 Å². The van der Waals surface area contributed by atoms with Crippen molar-refractivity contribution in [2.75, 3.05) is 0 Å². The highest BCUT2D eigenvalue weighted by atomic mass is 15.0. The van der Waals surface area contributed by atoms with Gasteiger partial charge in [0, 0.05) is 27.8 Å². The van der Waals surface area contributed by atoms with Crippen LogP contribution in [0.4, 0.5) is 0 Å². The molecule has 1 heteroatoms. The number of fused-ring (bicyclic) bond motifs is 12. The lowest BCUT2D eigenvalue weighted by atomic mass is 9.79. The molecule has 0 saturated heterocycles. The van der Waals surface area contributed by atoms with Gasteiger partial charge in [-0.15, -0.1) is 0 Å². The van der Waals surface area contributed by atoms with Crippen LogP contribution >= 0.6 is 0 Å². The van der Waals surface area contributed by atoms with Gasteiger partial charge in [-0.2, -0.15) is 0 Å². The summed E-state index contributed by atoms with van der Waals surface area (Å²) in [5, 5.41) is 5.28. The molecule has 0 fully saturated rings. The average Bonchev–Trinajstić information content (AvgIpc) is 3.68. The van der Waals surface area contributed by atoms with Gasteiger partial charge in [0.1, 0.15) is 0 Å². The summed E-state index contributed by atoms with van der Waals surface area (Å²) in [4.78, 5) is 0. The summed E-state index contributed by atoms with van der Waals surface area (Å²) >= 11 is 0. The lowest BCUT2D eigenvalue weighted by Crippen LogP contribution is -2.17. The van der Waals surface area contributed by atoms with Gasteiger partial charge in [-0.3, -0.25) is 0 Å². The van der Waals surface area contributed by atoms with Gasteiger partial charge in [0.15, 0.2) is 0 Å². The van der Waals surface area contributed by atoms with Gasteiger partial charge in [0.25, 0.3) is 0 Å². The Morgan fingerprint density at radius 1 is 0.489 bits per heavy atom. The molecule has 212 valence electrons. The molecule has 7 aromatic carbocycles. The van der Waals surface area contributed by atoms with Crippen molar-refractivity contribution < 1.29 is 0 Å². The Morgan fingerprint density at radius 3 is 2.07 bits per heavy atom. The molecule has 1 atom stereocenters. The molecule has 0 radical (unpaired) electrons. The van der Waals surface area contributed by atoms with Crippen LogP contribution in [-0.4, -0.2) is 4.57 Å². The van der Waals surface area contributed by atoms with E-state index in [1.165, 1.54) is 88.3 Å². The fourth-order valence-electron chi connectivity index (χ4n) is 8.81. The predicted molar refractivity (Wildman–Crippen MR) is 189 cm³/mol. The van der Waals surface area contributed by atoms with Crippen molar-refractivity contribution >= 4 is 32.6 Å². The first-order valence-corrected chi connectivity index (χ1v) is 16.0. The topological polar surface area (TPSA) is 4.93 Å². The van der Waals surface area contributed by atoms with E-state index in [1.54, 1.807) is 0 Å². The zero-order valence-corrected chi connectivity index (χ0v) is 25.4. The third kappa shape index (κ3) is 3.23. The molecule has 1 aromatic heterocycles. The summed E-state index contributed by atoms with van der Waals surface area (Å²) in [6.07, 6.45) is 0. The van der Waals surface area contributed by atoms with Crippen molar-refractivity contribution in [3.8, 4) is 27.9 Å². The van der Waals surface area contributed by atoms with E-state index in [4.69, 9.17) is 0 Å². The van der Waals surface area contributed by atoms with E-state index in [0.29, 0.717) is 0 Å². The molecule has 45 heavy (non-hydrogen) atoms. The molecule has 10 rings (SSSR count). The second-order valence-corrected chi connectivity index (χ2v) is 13.3. The van der Waals surface area contributed by atoms with Crippen molar-refractivity contribution in [1.82, 2.24) is 4.57 Å². The Morgan fingerprint density at radius 2 is 1.18 bits per heavy atom. The molecule has 1 unspecified atom stereocenters. The van der Waals surface area contributed by atoms with Crippen LogP contribution in [0.3, 0.4) is 0 Å². The molecule has 8 aromatic rings. The van der Waals surface area contributed by atoms with Gasteiger partial charge < -0.3 is 4.57 Å². The minimum atomic E-state index is -0.168. The Bertz CT molecular complexity index is 2510. The summed E-state index contributed by atoms with van der Waals surface area (Å²) in [6, 6.07) is 54.3. The SMILES string of the molecule is CC1(C)c2c(ccc3ccccc23)-c2ccc3c4ccccc4n(-c4ccc5c(c4)-c4ccccc4C5c4ccccc4)c3c21. The van der Waals surface area contributed by atoms with Crippen LogP contribution in [0.1, 0.15) is 47.6 Å². The fraction of sp³-hybridized carbons (Fsp3) is 0.0909. The van der Waals surface area contributed by atoms with Crippen LogP contribution in [0.2, 0.25) is 0 Å². The summed E-state index contributed by atoms with van der Waals surface area (Å²) in [6.45, 7) is 4.85. The van der Waals surface area contributed by atoms with Gasteiger partial charge in [0.05, 0.1) is 11.0 Å². The third-order valence-corrected chi connectivity index (χ3v) is 10.6. The smallest absolute Gasteiger partial charge is 0.0588 e. The Hall–Kier alpha value is -5.40. The Balaban J connectivity index is 1.28. The highest BCUT2D eigenvalue weighted by molar-refractivity contribution is 6.14. The number of hydrogen-bond donors (Lipinski definition) is 0. The minimum Gasteiger partial charge on any atom is -0.309 e. The third-order valence-electron chi connectivity index (χ3n) is 10.6. The van der Waals surface area contributed by atoms with E-state index in [9.17, 15) is 0 Å². The maximum Gasteiger partial charge on any atom is 0.0588 e. The molecule has 0 aliphatic heterocycles. The van der Waals surface area contributed by atoms with E-state index < -0.39 is 0 Å². The standard InChI is InChI=1S/C44H31N/c1-44(2)41-30-15-7-6-12-27(30)20-22-35(41)36-24-25-37-32-17-10-11-19-39(32)45(43(37)42(36)44)29-21-23-34-38(26-29)31-16-8-9-18-33(31)40(34)28-13-4-3-5-14-28/h3-26,40H,1-2H3. The van der Waals surface area contributed by atoms with Gasteiger partial charge in [-0.05, 0) is 79.0 Å². The molecule has 0 N–H and O–H groups in total. The monoisotopic (exact) mass is 573 g/mol. The van der Waals surface area contributed by atoms with Crippen LogP contribution < -0.4 is 0 Å². The number of hydrogen-bond acceptors (Lipinski definition) is 0. The lowest BCUT2D eigenvalue weighted by Gasteiger charge is -2.25. The summed E-state index contributed by atoms with van der Waals surface area (Å²) in [5.41, 5.74) is 16.0. The molecular formula is C44H31N. The van der Waals surface area contributed by atoms with E-state index >= 15 is 0 Å². The quantitative estimate of drug-likeness (QED) is 0.194. The van der Waals surface area contributed by atoms with Gasteiger partial charge in [-0.25, -0.2) is 0 Å². The molecule has 0 amide bonds. The largest absolute Gasteiger partial charge is 0.309 e. The number of benzene rings is 7. The summed E-state index contributed by atoms with van der Waals surface area (Å²) < 4.78 is 2.55. The van der Waals surface area contributed by atoms with Crippen molar-refractivity contribution in [1.29, 1.82) is 0 Å². The summed E-state index contributed by atoms with van der Waals surface area (Å²) in [7, 11) is 0. The summed E-state index contributed by atoms with van der Waals surface area (Å²) in [5.74, 6) is 0.246. The normalized spacial score (nSPS) is 15.7.